The molecule has 2 N–H and O–H groups in total. The van der Waals surface area contributed by atoms with Gasteiger partial charge in [-0.15, -0.1) is 0 Å². The van der Waals surface area contributed by atoms with Gasteiger partial charge in [-0.1, -0.05) is 0 Å². The van der Waals surface area contributed by atoms with Crippen LogP contribution in [0, 0.1) is 5.92 Å². The van der Waals surface area contributed by atoms with Gasteiger partial charge >= 0.3 is 5.97 Å². The van der Waals surface area contributed by atoms with Crippen LogP contribution in [0.15, 0.2) is 0 Å². The van der Waals surface area contributed by atoms with Crippen molar-refractivity contribution in [2.45, 2.75) is 25.3 Å². The van der Waals surface area contributed by atoms with Crippen molar-refractivity contribution in [2.75, 3.05) is 26.2 Å². The molecule has 0 unspecified atom stereocenters. The standard InChI is InChI=1S/C10H18N2O2/c13-10(14)3-4-11-5-8-6-12(7-8)9-1-2-9/h8-9,11H,1-7H2,(H,13,14). The average molecular weight is 198 g/mol. The first-order valence-electron chi connectivity index (χ1n) is 5.42. The molecule has 4 heteroatoms. The van der Waals surface area contributed by atoms with Crippen molar-refractivity contribution in [3.63, 3.8) is 0 Å². The molecule has 0 atom stereocenters. The van der Waals surface area contributed by atoms with E-state index in [2.05, 4.69) is 10.2 Å². The molecule has 0 radical (unpaired) electrons. The van der Waals surface area contributed by atoms with Crippen LogP contribution in [0.2, 0.25) is 0 Å². The monoisotopic (exact) mass is 198 g/mol. The lowest BCUT2D eigenvalue weighted by Crippen LogP contribution is -2.51. The fourth-order valence-electron chi connectivity index (χ4n) is 1.98. The van der Waals surface area contributed by atoms with E-state index < -0.39 is 5.97 Å². The van der Waals surface area contributed by atoms with E-state index in [-0.39, 0.29) is 6.42 Å². The smallest absolute Gasteiger partial charge is 0.304 e. The molecule has 14 heavy (non-hydrogen) atoms. The highest BCUT2D eigenvalue weighted by Crippen LogP contribution is 2.32. The van der Waals surface area contributed by atoms with Crippen LogP contribution in [-0.4, -0.2) is 48.2 Å². The summed E-state index contributed by atoms with van der Waals surface area (Å²) in [6.07, 6.45) is 3.01. The highest BCUT2D eigenvalue weighted by Gasteiger charge is 2.37. The number of carboxylic acids is 1. The minimum atomic E-state index is -0.717. The van der Waals surface area contributed by atoms with Gasteiger partial charge < -0.3 is 10.4 Å². The molecule has 0 aromatic carbocycles. The van der Waals surface area contributed by atoms with Gasteiger partial charge in [0.25, 0.3) is 0 Å². The lowest BCUT2D eigenvalue weighted by Gasteiger charge is -2.39. The van der Waals surface area contributed by atoms with E-state index in [4.69, 9.17) is 5.11 Å². The number of hydrogen-bond donors (Lipinski definition) is 2. The molecule has 2 rings (SSSR count). The molecule has 0 spiro atoms. The first kappa shape index (κ1) is 9.93. The van der Waals surface area contributed by atoms with Crippen molar-refractivity contribution in [2.24, 2.45) is 5.92 Å². The Labute approximate surface area is 84.3 Å². The maximum atomic E-state index is 10.2. The van der Waals surface area contributed by atoms with Crippen LogP contribution in [0.1, 0.15) is 19.3 Å². The lowest BCUT2D eigenvalue weighted by molar-refractivity contribution is -0.136. The molecule has 2 fully saturated rings. The van der Waals surface area contributed by atoms with Crippen LogP contribution in [0.3, 0.4) is 0 Å². The Hall–Kier alpha value is -0.610. The van der Waals surface area contributed by atoms with E-state index >= 15 is 0 Å². The minimum Gasteiger partial charge on any atom is -0.481 e. The highest BCUT2D eigenvalue weighted by molar-refractivity contribution is 5.66. The van der Waals surface area contributed by atoms with E-state index in [0.29, 0.717) is 6.54 Å². The van der Waals surface area contributed by atoms with E-state index in [1.807, 2.05) is 0 Å². The van der Waals surface area contributed by atoms with Crippen LogP contribution >= 0.6 is 0 Å². The zero-order chi connectivity index (χ0) is 9.97. The summed E-state index contributed by atoms with van der Waals surface area (Å²) in [5.74, 6) is 0.0371. The first-order chi connectivity index (χ1) is 6.75. The van der Waals surface area contributed by atoms with Crippen molar-refractivity contribution >= 4 is 5.97 Å². The zero-order valence-corrected chi connectivity index (χ0v) is 8.41. The fraction of sp³-hybridized carbons (Fsp3) is 0.900. The summed E-state index contributed by atoms with van der Waals surface area (Å²) in [5.41, 5.74) is 0. The Morgan fingerprint density at radius 2 is 2.14 bits per heavy atom. The first-order valence-corrected chi connectivity index (χ1v) is 5.42. The van der Waals surface area contributed by atoms with Crippen molar-refractivity contribution in [1.29, 1.82) is 0 Å². The molecule has 1 aliphatic heterocycles. The molecular formula is C10H18N2O2. The second-order valence-electron chi connectivity index (χ2n) is 4.40. The number of nitrogens with zero attached hydrogens (tertiary/aromatic N) is 1. The summed E-state index contributed by atoms with van der Waals surface area (Å²) >= 11 is 0. The van der Waals surface area contributed by atoms with Crippen LogP contribution in [0.25, 0.3) is 0 Å². The van der Waals surface area contributed by atoms with Gasteiger partial charge in [0.15, 0.2) is 0 Å². The predicted molar refractivity (Wildman–Crippen MR) is 53.2 cm³/mol. The van der Waals surface area contributed by atoms with Gasteiger partial charge in [0.05, 0.1) is 6.42 Å². The van der Waals surface area contributed by atoms with Crippen LogP contribution in [-0.2, 0) is 4.79 Å². The van der Waals surface area contributed by atoms with E-state index in [0.717, 1.165) is 18.5 Å². The van der Waals surface area contributed by atoms with Gasteiger partial charge in [-0.25, -0.2) is 0 Å². The Bertz CT molecular complexity index is 210. The summed E-state index contributed by atoms with van der Waals surface area (Å²) in [7, 11) is 0. The number of likely N-dealkylation sites (tertiary alicyclic amines) is 1. The van der Waals surface area contributed by atoms with Crippen molar-refractivity contribution in [3.8, 4) is 0 Å². The summed E-state index contributed by atoms with van der Waals surface area (Å²) in [5, 5.41) is 11.6. The number of hydrogen-bond acceptors (Lipinski definition) is 3. The van der Waals surface area contributed by atoms with Gasteiger partial charge in [-0.05, 0) is 18.8 Å². The molecule has 0 aromatic heterocycles. The molecule has 4 nitrogen and oxygen atoms in total. The number of carbonyl (C=O) groups is 1. The summed E-state index contributed by atoms with van der Waals surface area (Å²) in [6.45, 7) is 4.02. The maximum absolute atomic E-state index is 10.2. The minimum absolute atomic E-state index is 0.235. The van der Waals surface area contributed by atoms with Gasteiger partial charge in [-0.3, -0.25) is 9.69 Å². The van der Waals surface area contributed by atoms with Crippen molar-refractivity contribution in [1.82, 2.24) is 10.2 Å². The Morgan fingerprint density at radius 1 is 1.43 bits per heavy atom. The second-order valence-corrected chi connectivity index (χ2v) is 4.40. The molecule has 1 heterocycles. The van der Waals surface area contributed by atoms with Crippen LogP contribution in [0.5, 0.6) is 0 Å². The summed E-state index contributed by atoms with van der Waals surface area (Å²) in [4.78, 5) is 12.8. The molecule has 0 bridgehead atoms. The average Bonchev–Trinajstić information content (AvgIpc) is 2.83. The summed E-state index contributed by atoms with van der Waals surface area (Å²) in [6, 6.07) is 0.894. The quantitative estimate of drug-likeness (QED) is 0.596. The van der Waals surface area contributed by atoms with Crippen LogP contribution < -0.4 is 5.32 Å². The molecule has 2 aliphatic rings. The number of rotatable bonds is 6. The SMILES string of the molecule is O=C(O)CCNCC1CN(C2CC2)C1. The largest absolute Gasteiger partial charge is 0.481 e. The highest BCUT2D eigenvalue weighted by atomic mass is 16.4. The third-order valence-corrected chi connectivity index (χ3v) is 3.00. The topological polar surface area (TPSA) is 52.6 Å². The lowest BCUT2D eigenvalue weighted by atomic mass is 10.00. The van der Waals surface area contributed by atoms with Gasteiger partial charge in [0.2, 0.25) is 0 Å². The molecule has 1 saturated carbocycles. The zero-order valence-electron chi connectivity index (χ0n) is 8.41. The number of carboxylic acid groups (broad SMARTS) is 1. The Kier molecular flexibility index (Phi) is 3.03. The molecule has 1 saturated heterocycles. The van der Waals surface area contributed by atoms with Crippen molar-refractivity contribution < 1.29 is 9.90 Å². The van der Waals surface area contributed by atoms with Gasteiger partial charge in [-0.2, -0.15) is 0 Å². The number of aliphatic carboxylic acids is 1. The molecule has 0 amide bonds. The molecule has 80 valence electrons. The van der Waals surface area contributed by atoms with Crippen LogP contribution in [0.4, 0.5) is 0 Å². The Morgan fingerprint density at radius 3 is 2.71 bits per heavy atom. The third kappa shape index (κ3) is 2.69. The molecule has 1 aliphatic carbocycles. The predicted octanol–water partition coefficient (Wildman–Crippen LogP) is 0.145. The summed E-state index contributed by atoms with van der Waals surface area (Å²) < 4.78 is 0. The third-order valence-electron chi connectivity index (χ3n) is 3.00. The Balaban J connectivity index is 1.45. The van der Waals surface area contributed by atoms with E-state index in [1.165, 1.54) is 25.9 Å². The maximum Gasteiger partial charge on any atom is 0.304 e. The normalized spacial score (nSPS) is 23.4. The van der Waals surface area contributed by atoms with Gasteiger partial charge in [0.1, 0.15) is 0 Å². The van der Waals surface area contributed by atoms with E-state index in [9.17, 15) is 4.79 Å². The fourth-order valence-corrected chi connectivity index (χ4v) is 1.98. The molecule has 0 aromatic rings. The van der Waals surface area contributed by atoms with Crippen molar-refractivity contribution in [3.05, 3.63) is 0 Å². The van der Waals surface area contributed by atoms with Gasteiger partial charge in [0, 0.05) is 32.2 Å². The van der Waals surface area contributed by atoms with E-state index in [1.54, 1.807) is 0 Å². The number of nitrogens with one attached hydrogen (secondary N) is 1. The molecular weight excluding hydrogens is 180 g/mol. The second kappa shape index (κ2) is 4.28.